The van der Waals surface area contributed by atoms with E-state index in [0.717, 1.165) is 79.9 Å². The summed E-state index contributed by atoms with van der Waals surface area (Å²) in [5.74, 6) is -0.287. The highest BCUT2D eigenvalue weighted by molar-refractivity contribution is 9.09. The predicted molar refractivity (Wildman–Crippen MR) is 220 cm³/mol. The number of carbonyl (C=O) groups is 2. The number of benzene rings is 6. The van der Waals surface area contributed by atoms with Gasteiger partial charge in [0.25, 0.3) is 0 Å². The summed E-state index contributed by atoms with van der Waals surface area (Å²) in [6.45, 7) is 3.98. The van der Waals surface area contributed by atoms with Crippen LogP contribution >= 0.6 is 48.0 Å². The zero-order valence-electron chi connectivity index (χ0n) is 26.9. The topological polar surface area (TPSA) is 133 Å². The Labute approximate surface area is 329 Å². The molecule has 1 fully saturated rings. The van der Waals surface area contributed by atoms with Crippen molar-refractivity contribution in [1.82, 2.24) is 3.93 Å². The van der Waals surface area contributed by atoms with Crippen LogP contribution in [-0.2, 0) is 20.2 Å². The largest absolute Gasteiger partial charge is 0.274 e. The molecule has 1 heterocycles. The Hall–Kier alpha value is -5.10. The number of alkyl halides is 2. The third-order valence-electron chi connectivity index (χ3n) is 8.42. The number of halogens is 3. The molecule has 0 atom stereocenters. The van der Waals surface area contributed by atoms with Crippen molar-refractivity contribution in [1.29, 1.82) is 21.0 Å². The number of hydrogen-bond donors (Lipinski definition) is 0. The Morgan fingerprint density at radius 1 is 0.519 bits per heavy atom. The monoisotopic (exact) mass is 877 g/mol. The van der Waals surface area contributed by atoms with Crippen molar-refractivity contribution in [2.24, 2.45) is 0 Å². The molecule has 0 radical (unpaired) electrons. The summed E-state index contributed by atoms with van der Waals surface area (Å²) in [5, 5.41) is 46.5. The van der Waals surface area contributed by atoms with Crippen molar-refractivity contribution in [2.45, 2.75) is 52.2 Å². The van der Waals surface area contributed by atoms with Gasteiger partial charge in [-0.05, 0) is 37.1 Å². The first-order chi connectivity index (χ1) is 24.1. The van der Waals surface area contributed by atoms with E-state index in [1.54, 1.807) is 0 Å². The van der Waals surface area contributed by atoms with Crippen LogP contribution in [0.15, 0.2) is 72.8 Å². The summed E-state index contributed by atoms with van der Waals surface area (Å²) < 4.78 is 0.979. The minimum Gasteiger partial charge on any atom is -0.274 e. The fraction of sp³-hybridized carbons (Fsp3) is 0.190. The molecule has 6 aromatic rings. The van der Waals surface area contributed by atoms with E-state index in [4.69, 9.17) is 0 Å². The van der Waals surface area contributed by atoms with Crippen LogP contribution in [0, 0.1) is 59.2 Å². The van der Waals surface area contributed by atoms with E-state index >= 15 is 0 Å². The molecule has 0 spiro atoms. The average molecular weight is 880 g/mol. The molecule has 52 heavy (non-hydrogen) atoms. The molecule has 1 aliphatic heterocycles. The number of aryl methyl sites for hydroxylation is 2. The van der Waals surface area contributed by atoms with Crippen LogP contribution in [0.5, 0.6) is 0 Å². The normalized spacial score (nSPS) is 11.6. The zero-order chi connectivity index (χ0) is 36.1. The van der Waals surface area contributed by atoms with Crippen LogP contribution in [-0.4, -0.2) is 15.7 Å². The number of fused-ring (bicyclic) bond motifs is 4. The highest BCUT2D eigenvalue weighted by Gasteiger charge is 2.26. The Kier molecular flexibility index (Phi) is 14.2. The van der Waals surface area contributed by atoms with E-state index in [0.29, 0.717) is 35.1 Å². The summed E-state index contributed by atoms with van der Waals surface area (Å²) in [7, 11) is 0. The molecule has 1 aliphatic rings. The molecule has 1 saturated heterocycles. The predicted octanol–water partition coefficient (Wildman–Crippen LogP) is 11.6. The van der Waals surface area contributed by atoms with Crippen LogP contribution in [0.4, 0.5) is 0 Å². The Morgan fingerprint density at radius 2 is 0.808 bits per heavy atom. The number of imide groups is 1. The Bertz CT molecular complexity index is 2380. The van der Waals surface area contributed by atoms with Crippen LogP contribution in [0.3, 0.4) is 0 Å². The van der Waals surface area contributed by atoms with Gasteiger partial charge in [-0.1, -0.05) is 119 Å². The molecule has 7 nitrogen and oxygen atoms in total. The van der Waals surface area contributed by atoms with E-state index in [2.05, 4.69) is 72.3 Å². The third-order valence-corrected chi connectivity index (χ3v) is 10.5. The van der Waals surface area contributed by atoms with Gasteiger partial charge in [-0.3, -0.25) is 9.59 Å². The number of rotatable bonds is 2. The Balaban J connectivity index is 0.000000225. The number of carbonyl (C=O) groups excluding carboxylic acids is 2. The van der Waals surface area contributed by atoms with Crippen LogP contribution in [0.2, 0.25) is 0 Å². The van der Waals surface area contributed by atoms with E-state index in [1.807, 2.05) is 86.6 Å². The fourth-order valence-corrected chi connectivity index (χ4v) is 7.03. The van der Waals surface area contributed by atoms with E-state index in [1.165, 1.54) is 0 Å². The maximum absolute atomic E-state index is 10.4. The average Bonchev–Trinajstić information content (AvgIpc) is 3.43. The highest BCUT2D eigenvalue weighted by atomic mass is 79.9. The molecule has 10 heteroatoms. The van der Waals surface area contributed by atoms with Gasteiger partial charge >= 0.3 is 0 Å². The standard InChI is InChI=1S/C18H10Br2N2.C18H12N2.C4H4BrNO2.2CH4/c19-7-11-1-3-13-15(5-11)18(10-22)14-4-2-12(8-20)6-16(14)17(13)9-21;1-11-3-5-13-15(7-11)17(9-19)14-6-4-12(2)8-16(14)18(13)10-20;5-6-3(7)1-2-4(6)8;;/h1-6H,7-8H2;3-8H,1-2H3;1-2H2;2*1H4. The fourth-order valence-electron chi connectivity index (χ4n) is 5.98. The Morgan fingerprint density at radius 3 is 1.06 bits per heavy atom. The number of hydrogen-bond acceptors (Lipinski definition) is 6. The van der Waals surface area contributed by atoms with Crippen molar-refractivity contribution in [3.05, 3.63) is 117 Å². The maximum atomic E-state index is 10.4. The number of nitrogens with zero attached hydrogens (tertiary/aromatic N) is 5. The summed E-state index contributed by atoms with van der Waals surface area (Å²) in [4.78, 5) is 20.9. The van der Waals surface area contributed by atoms with Gasteiger partial charge in [0.2, 0.25) is 11.8 Å². The first-order valence-corrected chi connectivity index (χ1v) is 18.3. The molecule has 0 saturated carbocycles. The summed E-state index contributed by atoms with van der Waals surface area (Å²) in [6.07, 6.45) is 0.703. The lowest BCUT2D eigenvalue weighted by atomic mass is 9.91. The lowest BCUT2D eigenvalue weighted by molar-refractivity contribution is -0.131. The molecule has 0 aliphatic carbocycles. The second-order valence-corrected chi connectivity index (χ2v) is 13.5. The van der Waals surface area contributed by atoms with Crippen molar-refractivity contribution in [3.63, 3.8) is 0 Å². The minimum absolute atomic E-state index is 0. The second kappa shape index (κ2) is 17.9. The third kappa shape index (κ3) is 8.02. The van der Waals surface area contributed by atoms with Crippen molar-refractivity contribution < 1.29 is 9.59 Å². The minimum atomic E-state index is -0.144. The molecule has 260 valence electrons. The lowest BCUT2D eigenvalue weighted by Crippen LogP contribution is -2.16. The summed E-state index contributed by atoms with van der Waals surface area (Å²) >= 11 is 9.68. The molecular formula is C42H34Br3N5O2. The smallest absolute Gasteiger partial charge is 0.239 e. The van der Waals surface area contributed by atoms with Gasteiger partial charge in [0.15, 0.2) is 0 Å². The molecule has 0 bridgehead atoms. The van der Waals surface area contributed by atoms with Gasteiger partial charge in [0.1, 0.15) is 24.3 Å². The van der Waals surface area contributed by atoms with Crippen LogP contribution in [0.25, 0.3) is 43.1 Å². The van der Waals surface area contributed by atoms with Crippen LogP contribution < -0.4 is 0 Å². The summed E-state index contributed by atoms with van der Waals surface area (Å²) in [5.41, 5.74) is 6.92. The molecule has 6 aromatic carbocycles. The summed E-state index contributed by atoms with van der Waals surface area (Å²) in [6, 6.07) is 32.8. The number of nitriles is 4. The van der Waals surface area contributed by atoms with E-state index < -0.39 is 0 Å². The van der Waals surface area contributed by atoms with Gasteiger partial charge in [-0.2, -0.15) is 21.0 Å². The van der Waals surface area contributed by atoms with Crippen molar-refractivity contribution >= 4 is 103 Å². The highest BCUT2D eigenvalue weighted by Crippen LogP contribution is 2.35. The number of amides is 2. The second-order valence-electron chi connectivity index (χ2n) is 11.6. The van der Waals surface area contributed by atoms with Gasteiger partial charge in [0, 0.05) is 66.6 Å². The van der Waals surface area contributed by atoms with Gasteiger partial charge in [-0.15, -0.1) is 0 Å². The first-order valence-electron chi connectivity index (χ1n) is 15.3. The molecule has 0 unspecified atom stereocenters. The molecule has 2 amide bonds. The maximum Gasteiger partial charge on any atom is 0.239 e. The van der Waals surface area contributed by atoms with Crippen molar-refractivity contribution in [3.8, 4) is 24.3 Å². The SMILES string of the molecule is C.C.Cc1ccc2c(C#N)c3cc(C)ccc3c(C#N)c2c1.N#Cc1c2ccc(CBr)cc2c(C#N)c2ccc(CBr)cc12.O=C1CCC(=O)N1Br. The molecule has 7 rings (SSSR count). The van der Waals surface area contributed by atoms with Gasteiger partial charge in [0.05, 0.1) is 38.4 Å². The molecule has 0 aromatic heterocycles. The zero-order valence-corrected chi connectivity index (χ0v) is 31.7. The lowest BCUT2D eigenvalue weighted by Gasteiger charge is -2.11. The molecule has 0 N–H and O–H groups in total. The molecular weight excluding hydrogens is 846 g/mol. The van der Waals surface area contributed by atoms with Gasteiger partial charge < -0.3 is 0 Å². The van der Waals surface area contributed by atoms with E-state index in [9.17, 15) is 30.6 Å². The van der Waals surface area contributed by atoms with Crippen LogP contribution in [0.1, 0.15) is 72.2 Å². The van der Waals surface area contributed by atoms with E-state index in [-0.39, 0.29) is 26.7 Å². The quantitative estimate of drug-likeness (QED) is 0.0736. The van der Waals surface area contributed by atoms with Crippen molar-refractivity contribution in [2.75, 3.05) is 0 Å². The van der Waals surface area contributed by atoms with Gasteiger partial charge in [-0.25, -0.2) is 3.93 Å². The first kappa shape index (κ1) is 41.3.